The third-order valence-electron chi connectivity index (χ3n) is 6.10. The number of benzene rings is 2. The van der Waals surface area contributed by atoms with Crippen molar-refractivity contribution in [3.63, 3.8) is 0 Å². The molecule has 2 heterocycles. The fourth-order valence-corrected chi connectivity index (χ4v) is 4.11. The maximum Gasteiger partial charge on any atom is 0.432 e. The Hall–Kier alpha value is -3.00. The molecule has 5 nitrogen and oxygen atoms in total. The summed E-state index contributed by atoms with van der Waals surface area (Å²) in [5, 5.41) is 11.9. The molecule has 1 aliphatic rings. The van der Waals surface area contributed by atoms with Crippen LogP contribution in [-0.2, 0) is 5.41 Å². The predicted octanol–water partition coefficient (Wildman–Crippen LogP) is 5.06. The Morgan fingerprint density at radius 3 is 2.65 bits per heavy atom. The van der Waals surface area contributed by atoms with Crippen LogP contribution >= 0.6 is 0 Å². The van der Waals surface area contributed by atoms with Crippen molar-refractivity contribution in [2.45, 2.75) is 44.4 Å². The number of fused-ring (bicyclic) bond motifs is 2. The van der Waals surface area contributed by atoms with Crippen molar-refractivity contribution >= 4 is 22.3 Å². The van der Waals surface area contributed by atoms with Crippen molar-refractivity contribution < 1.29 is 23.0 Å². The van der Waals surface area contributed by atoms with Crippen LogP contribution in [-0.4, -0.2) is 39.2 Å². The molecule has 1 aliphatic heterocycles. The molecule has 2 unspecified atom stereocenters. The molecule has 8 heteroatoms. The van der Waals surface area contributed by atoms with Crippen LogP contribution in [0.3, 0.4) is 0 Å². The van der Waals surface area contributed by atoms with Gasteiger partial charge in [-0.2, -0.15) is 13.2 Å². The fourth-order valence-electron chi connectivity index (χ4n) is 4.11. The van der Waals surface area contributed by atoms with Crippen LogP contribution in [0.15, 0.2) is 53.7 Å². The number of aliphatic imine (C=N–C) groups is 1. The Bertz CT molecular complexity index is 1170. The number of halogens is 3. The number of aromatic nitrogens is 2. The lowest BCUT2D eigenvalue weighted by Crippen LogP contribution is -2.59. The second-order valence-corrected chi connectivity index (χ2v) is 8.08. The minimum absolute atomic E-state index is 0.0500. The van der Waals surface area contributed by atoms with Gasteiger partial charge in [-0.25, -0.2) is 15.0 Å². The van der Waals surface area contributed by atoms with E-state index in [1.165, 1.54) is 19.2 Å². The van der Waals surface area contributed by atoms with E-state index in [4.69, 9.17) is 4.74 Å². The lowest BCUT2D eigenvalue weighted by molar-refractivity contribution is -0.0841. The zero-order chi connectivity index (χ0) is 22.4. The van der Waals surface area contributed by atoms with Gasteiger partial charge in [-0.15, -0.1) is 0 Å². The van der Waals surface area contributed by atoms with Gasteiger partial charge in [-0.05, 0) is 38.5 Å². The minimum atomic E-state index is -4.87. The van der Waals surface area contributed by atoms with Gasteiger partial charge in [0, 0.05) is 22.6 Å². The molecule has 0 radical (unpaired) electrons. The third kappa shape index (κ3) is 3.54. The van der Waals surface area contributed by atoms with Gasteiger partial charge in [-0.1, -0.05) is 31.2 Å². The summed E-state index contributed by atoms with van der Waals surface area (Å²) in [7, 11) is 0. The van der Waals surface area contributed by atoms with E-state index in [0.29, 0.717) is 28.0 Å². The molecule has 2 aromatic carbocycles. The van der Waals surface area contributed by atoms with Crippen molar-refractivity contribution in [3.05, 3.63) is 60.0 Å². The van der Waals surface area contributed by atoms with Gasteiger partial charge in [0.25, 0.3) is 0 Å². The molecule has 3 aromatic rings. The summed E-state index contributed by atoms with van der Waals surface area (Å²) in [5.41, 5.74) is -3.83. The zero-order valence-corrected chi connectivity index (χ0v) is 17.4. The Balaban J connectivity index is 1.92. The van der Waals surface area contributed by atoms with Crippen molar-refractivity contribution in [2.24, 2.45) is 4.99 Å². The summed E-state index contributed by atoms with van der Waals surface area (Å²) in [4.78, 5) is 12.3. The van der Waals surface area contributed by atoms with Crippen LogP contribution in [0.25, 0.3) is 10.9 Å². The van der Waals surface area contributed by atoms with Gasteiger partial charge in [-0.3, -0.25) is 0 Å². The van der Waals surface area contributed by atoms with Crippen LogP contribution in [0.4, 0.5) is 18.9 Å². The number of para-hydroxylation sites is 1. The molecule has 4 rings (SSSR count). The van der Waals surface area contributed by atoms with E-state index in [0.717, 1.165) is 0 Å². The quantitative estimate of drug-likeness (QED) is 0.591. The van der Waals surface area contributed by atoms with Gasteiger partial charge >= 0.3 is 6.18 Å². The first-order chi connectivity index (χ1) is 14.5. The van der Waals surface area contributed by atoms with Crippen LogP contribution in [0.5, 0.6) is 5.75 Å². The molecule has 0 fully saturated rings. The summed E-state index contributed by atoms with van der Waals surface area (Å²) in [6.07, 6.45) is -3.22. The maximum atomic E-state index is 14.3. The zero-order valence-electron chi connectivity index (χ0n) is 17.4. The number of rotatable bonds is 3. The molecule has 31 heavy (non-hydrogen) atoms. The highest BCUT2D eigenvalue weighted by molar-refractivity contribution is 6.02. The smallest absolute Gasteiger partial charge is 0.432 e. The van der Waals surface area contributed by atoms with Crippen molar-refractivity contribution in [2.75, 3.05) is 6.61 Å². The number of alkyl halides is 3. The number of ether oxygens (including phenoxy) is 1. The number of aliphatic hydroxyl groups is 1. The van der Waals surface area contributed by atoms with Crippen molar-refractivity contribution in [1.29, 1.82) is 0 Å². The average Bonchev–Trinajstić information content (AvgIpc) is 2.71. The van der Waals surface area contributed by atoms with Gasteiger partial charge in [0.05, 0.1) is 17.8 Å². The first kappa shape index (κ1) is 21.2. The minimum Gasteiger partial charge on any atom is -0.493 e. The molecule has 0 saturated carbocycles. The predicted molar refractivity (Wildman–Crippen MR) is 112 cm³/mol. The monoisotopic (exact) mass is 429 g/mol. The number of nitrogens with zero attached hydrogens (tertiary/aromatic N) is 3. The number of aryl methyl sites for hydroxylation is 1. The molecule has 1 N–H and O–H groups in total. The molecule has 0 saturated heterocycles. The van der Waals surface area contributed by atoms with E-state index in [1.54, 1.807) is 50.2 Å². The van der Waals surface area contributed by atoms with Crippen molar-refractivity contribution in [1.82, 2.24) is 9.97 Å². The molecular weight excluding hydrogens is 407 g/mol. The summed E-state index contributed by atoms with van der Waals surface area (Å²) in [6, 6.07) is 11.6. The summed E-state index contributed by atoms with van der Waals surface area (Å²) in [6.45, 7) is 4.68. The lowest BCUT2D eigenvalue weighted by Gasteiger charge is -2.46. The maximum absolute atomic E-state index is 14.3. The highest BCUT2D eigenvalue weighted by Crippen LogP contribution is 2.48. The van der Waals surface area contributed by atoms with E-state index < -0.39 is 22.9 Å². The van der Waals surface area contributed by atoms with Crippen LogP contribution < -0.4 is 4.74 Å². The molecule has 0 bridgehead atoms. The van der Waals surface area contributed by atoms with Gasteiger partial charge in [0.2, 0.25) is 0 Å². The normalized spacial score (nSPS) is 21.3. The lowest BCUT2D eigenvalue weighted by atomic mass is 9.64. The standard InChI is InChI=1S/C23H22F3N3O2/c1-14-27-13-15-17(28-14)8-6-9-18(15)29-20(23(24,25)26)22(3,30)21(2)11-12-31-19-10-5-4-7-16(19)21/h4-10,13,30H,11-12H2,1-3H3. The molecule has 0 spiro atoms. The van der Waals surface area contributed by atoms with E-state index in [9.17, 15) is 18.3 Å². The summed E-state index contributed by atoms with van der Waals surface area (Å²) < 4.78 is 48.6. The first-order valence-electron chi connectivity index (χ1n) is 9.87. The second kappa shape index (κ2) is 7.30. The molecule has 0 aliphatic carbocycles. The highest BCUT2D eigenvalue weighted by Gasteiger charge is 2.58. The average molecular weight is 429 g/mol. The summed E-state index contributed by atoms with van der Waals surface area (Å²) >= 11 is 0. The highest BCUT2D eigenvalue weighted by atomic mass is 19.4. The van der Waals surface area contributed by atoms with E-state index >= 15 is 0 Å². The SMILES string of the molecule is Cc1ncc2c(N=C(C(F)(F)F)C(C)(O)C3(C)CCOc4ccccc43)cccc2n1. The molecular formula is C23H22F3N3O2. The van der Waals surface area contributed by atoms with E-state index in [-0.39, 0.29) is 18.7 Å². The fraction of sp³-hybridized carbons (Fsp3) is 0.348. The van der Waals surface area contributed by atoms with Crippen LogP contribution in [0.1, 0.15) is 31.7 Å². The molecule has 2 atom stereocenters. The van der Waals surface area contributed by atoms with Crippen LogP contribution in [0.2, 0.25) is 0 Å². The van der Waals surface area contributed by atoms with Crippen molar-refractivity contribution in [3.8, 4) is 5.75 Å². The van der Waals surface area contributed by atoms with E-state index in [2.05, 4.69) is 15.0 Å². The number of hydrogen-bond donors (Lipinski definition) is 1. The van der Waals surface area contributed by atoms with Gasteiger partial charge < -0.3 is 9.84 Å². The Kier molecular flexibility index (Phi) is 5.00. The molecule has 0 amide bonds. The summed E-state index contributed by atoms with van der Waals surface area (Å²) in [5.74, 6) is 0.968. The first-order valence-corrected chi connectivity index (χ1v) is 9.87. The Morgan fingerprint density at radius 2 is 1.90 bits per heavy atom. The van der Waals surface area contributed by atoms with Crippen LogP contribution in [0, 0.1) is 6.92 Å². The van der Waals surface area contributed by atoms with Gasteiger partial charge in [0.15, 0.2) is 5.71 Å². The third-order valence-corrected chi connectivity index (χ3v) is 6.10. The molecule has 1 aromatic heterocycles. The second-order valence-electron chi connectivity index (χ2n) is 8.08. The largest absolute Gasteiger partial charge is 0.493 e. The Morgan fingerprint density at radius 1 is 1.16 bits per heavy atom. The topological polar surface area (TPSA) is 67.6 Å². The Labute approximate surface area is 177 Å². The number of hydrogen-bond acceptors (Lipinski definition) is 5. The molecule has 162 valence electrons. The van der Waals surface area contributed by atoms with E-state index in [1.807, 2.05) is 0 Å². The van der Waals surface area contributed by atoms with Gasteiger partial charge in [0.1, 0.15) is 17.2 Å².